The van der Waals surface area contributed by atoms with Gasteiger partial charge in [0.1, 0.15) is 0 Å². The van der Waals surface area contributed by atoms with Crippen LogP contribution < -0.4 is 0 Å². The van der Waals surface area contributed by atoms with Crippen molar-refractivity contribution in [3.63, 3.8) is 0 Å². The van der Waals surface area contributed by atoms with E-state index in [4.69, 9.17) is 0 Å². The number of likely N-dealkylation sites (tertiary alicyclic amines) is 1. The monoisotopic (exact) mass is 315 g/mol. The fraction of sp³-hybridized carbons (Fsp3) is 0.562. The van der Waals surface area contributed by atoms with E-state index in [-0.39, 0.29) is 18.2 Å². The Kier molecular flexibility index (Phi) is 5.11. The Labute approximate surface area is 127 Å². The van der Waals surface area contributed by atoms with Crippen LogP contribution in [0.25, 0.3) is 0 Å². The number of aliphatic hydroxyl groups is 1. The zero-order valence-corrected chi connectivity index (χ0v) is 12.4. The van der Waals surface area contributed by atoms with Crippen molar-refractivity contribution in [3.8, 4) is 0 Å². The van der Waals surface area contributed by atoms with Gasteiger partial charge in [-0.2, -0.15) is 13.2 Å². The number of hydrogen-bond acceptors (Lipinski definition) is 2. The van der Waals surface area contributed by atoms with Crippen LogP contribution in [0.15, 0.2) is 24.3 Å². The molecule has 22 heavy (non-hydrogen) atoms. The van der Waals surface area contributed by atoms with Crippen LogP contribution in [0.2, 0.25) is 0 Å². The first-order chi connectivity index (χ1) is 10.3. The van der Waals surface area contributed by atoms with E-state index < -0.39 is 18.7 Å². The first kappa shape index (κ1) is 16.8. The molecule has 0 bridgehead atoms. The highest BCUT2D eigenvalue weighted by atomic mass is 19.4. The second-order valence-corrected chi connectivity index (χ2v) is 5.85. The number of carbonyl (C=O) groups excluding carboxylic acids is 1. The normalized spacial score (nSPS) is 20.2. The molecule has 2 unspecified atom stereocenters. The number of alkyl halides is 3. The molecule has 3 nitrogen and oxygen atoms in total. The third-order valence-corrected chi connectivity index (χ3v) is 4.09. The van der Waals surface area contributed by atoms with Crippen LogP contribution in [0.4, 0.5) is 13.2 Å². The molecule has 1 aliphatic rings. The summed E-state index contributed by atoms with van der Waals surface area (Å²) in [5, 5.41) is 9.55. The maximum atomic E-state index is 12.3. The lowest BCUT2D eigenvalue weighted by Gasteiger charge is -2.18. The van der Waals surface area contributed by atoms with E-state index in [2.05, 4.69) is 0 Å². The minimum absolute atomic E-state index is 0.0776. The minimum atomic E-state index is -4.17. The van der Waals surface area contributed by atoms with E-state index in [0.717, 1.165) is 6.42 Å². The number of aryl methyl sites for hydroxylation is 1. The molecule has 122 valence electrons. The molecular weight excluding hydrogens is 295 g/mol. The van der Waals surface area contributed by atoms with Crippen molar-refractivity contribution in [1.29, 1.82) is 0 Å². The van der Waals surface area contributed by atoms with E-state index in [0.29, 0.717) is 24.2 Å². The van der Waals surface area contributed by atoms with Crippen molar-refractivity contribution in [2.75, 3.05) is 13.1 Å². The standard InChI is InChI=1S/C16H20F3NO2/c1-11(21)14-7-9-20(10-14)15(22)13-4-2-12(3-5-13)6-8-16(17,18)19/h2-5,11,14,21H,6-10H2,1H3. The average Bonchev–Trinajstić information content (AvgIpc) is 2.94. The van der Waals surface area contributed by atoms with Gasteiger partial charge < -0.3 is 10.0 Å². The molecule has 1 saturated heterocycles. The number of benzene rings is 1. The fourth-order valence-corrected chi connectivity index (χ4v) is 2.65. The summed E-state index contributed by atoms with van der Waals surface area (Å²) in [7, 11) is 0. The van der Waals surface area contributed by atoms with Gasteiger partial charge in [-0.25, -0.2) is 0 Å². The highest BCUT2D eigenvalue weighted by Gasteiger charge is 2.29. The SMILES string of the molecule is CC(O)C1CCN(C(=O)c2ccc(CCC(F)(F)F)cc2)C1. The van der Waals surface area contributed by atoms with Crippen molar-refractivity contribution >= 4 is 5.91 Å². The van der Waals surface area contributed by atoms with Gasteiger partial charge in [0.2, 0.25) is 0 Å². The zero-order chi connectivity index (χ0) is 16.3. The van der Waals surface area contributed by atoms with E-state index in [1.807, 2.05) is 0 Å². The fourth-order valence-electron chi connectivity index (χ4n) is 2.65. The Bertz CT molecular complexity index is 511. The van der Waals surface area contributed by atoms with Gasteiger partial charge in [0.15, 0.2) is 0 Å². The molecule has 6 heteroatoms. The Morgan fingerprint density at radius 2 is 2.00 bits per heavy atom. The van der Waals surface area contributed by atoms with Crippen molar-refractivity contribution in [2.24, 2.45) is 5.92 Å². The molecule has 1 aromatic carbocycles. The van der Waals surface area contributed by atoms with E-state index in [1.165, 1.54) is 0 Å². The minimum Gasteiger partial charge on any atom is -0.393 e. The molecule has 2 atom stereocenters. The number of carbonyl (C=O) groups is 1. The molecule has 1 aliphatic heterocycles. The molecule has 0 aromatic heterocycles. The van der Waals surface area contributed by atoms with E-state index in [9.17, 15) is 23.1 Å². The summed E-state index contributed by atoms with van der Waals surface area (Å²) in [5.41, 5.74) is 1.04. The second-order valence-electron chi connectivity index (χ2n) is 5.85. The van der Waals surface area contributed by atoms with Crippen molar-refractivity contribution in [2.45, 2.75) is 38.5 Å². The molecule has 0 aliphatic carbocycles. The molecule has 0 saturated carbocycles. The number of rotatable bonds is 4. The summed E-state index contributed by atoms with van der Waals surface area (Å²) in [4.78, 5) is 14.0. The van der Waals surface area contributed by atoms with Crippen molar-refractivity contribution < 1.29 is 23.1 Å². The smallest absolute Gasteiger partial charge is 0.389 e. The maximum Gasteiger partial charge on any atom is 0.389 e. The van der Waals surface area contributed by atoms with Gasteiger partial charge in [-0.05, 0) is 37.5 Å². The Balaban J connectivity index is 1.94. The number of halogens is 3. The third kappa shape index (κ3) is 4.47. The number of hydrogen-bond donors (Lipinski definition) is 1. The molecule has 0 radical (unpaired) electrons. The Morgan fingerprint density at radius 1 is 1.36 bits per heavy atom. The molecule has 0 spiro atoms. The summed E-state index contributed by atoms with van der Waals surface area (Å²) >= 11 is 0. The summed E-state index contributed by atoms with van der Waals surface area (Å²) in [5.74, 6) is -0.0412. The summed E-state index contributed by atoms with van der Waals surface area (Å²) in [6.45, 7) is 2.84. The summed E-state index contributed by atoms with van der Waals surface area (Å²) in [6.07, 6.45) is -4.77. The quantitative estimate of drug-likeness (QED) is 0.928. The highest BCUT2D eigenvalue weighted by Crippen LogP contribution is 2.24. The highest BCUT2D eigenvalue weighted by molar-refractivity contribution is 5.94. The van der Waals surface area contributed by atoms with Crippen LogP contribution in [0.3, 0.4) is 0 Å². The second kappa shape index (κ2) is 6.69. The van der Waals surface area contributed by atoms with E-state index in [1.54, 1.807) is 36.1 Å². The lowest BCUT2D eigenvalue weighted by atomic mass is 10.0. The maximum absolute atomic E-state index is 12.3. The number of amides is 1. The third-order valence-electron chi connectivity index (χ3n) is 4.09. The molecule has 1 fully saturated rings. The van der Waals surface area contributed by atoms with Gasteiger partial charge in [-0.3, -0.25) is 4.79 Å². The van der Waals surface area contributed by atoms with Crippen LogP contribution in [0.5, 0.6) is 0 Å². The van der Waals surface area contributed by atoms with Crippen LogP contribution in [0.1, 0.15) is 35.7 Å². The van der Waals surface area contributed by atoms with Gasteiger partial charge in [0, 0.05) is 31.0 Å². The topological polar surface area (TPSA) is 40.5 Å². The van der Waals surface area contributed by atoms with Crippen molar-refractivity contribution in [1.82, 2.24) is 4.90 Å². The van der Waals surface area contributed by atoms with Crippen LogP contribution in [-0.2, 0) is 6.42 Å². The molecule has 2 rings (SSSR count). The summed E-state index contributed by atoms with van der Waals surface area (Å²) in [6, 6.07) is 6.29. The number of nitrogens with zero attached hydrogens (tertiary/aromatic N) is 1. The van der Waals surface area contributed by atoms with E-state index >= 15 is 0 Å². The van der Waals surface area contributed by atoms with Gasteiger partial charge >= 0.3 is 6.18 Å². The van der Waals surface area contributed by atoms with Crippen LogP contribution in [0, 0.1) is 5.92 Å². The predicted molar refractivity (Wildman–Crippen MR) is 76.5 cm³/mol. The lowest BCUT2D eigenvalue weighted by Crippen LogP contribution is -2.30. The van der Waals surface area contributed by atoms with Crippen molar-refractivity contribution in [3.05, 3.63) is 35.4 Å². The molecule has 1 aromatic rings. The van der Waals surface area contributed by atoms with Gasteiger partial charge in [-0.1, -0.05) is 12.1 Å². The summed E-state index contributed by atoms with van der Waals surface area (Å²) < 4.78 is 36.5. The largest absolute Gasteiger partial charge is 0.393 e. The average molecular weight is 315 g/mol. The lowest BCUT2D eigenvalue weighted by molar-refractivity contribution is -0.134. The van der Waals surface area contributed by atoms with Crippen LogP contribution >= 0.6 is 0 Å². The molecule has 1 heterocycles. The van der Waals surface area contributed by atoms with Crippen LogP contribution in [-0.4, -0.2) is 41.3 Å². The van der Waals surface area contributed by atoms with Gasteiger partial charge in [0.05, 0.1) is 6.10 Å². The zero-order valence-electron chi connectivity index (χ0n) is 12.4. The van der Waals surface area contributed by atoms with Gasteiger partial charge in [0.25, 0.3) is 5.91 Å². The Morgan fingerprint density at radius 3 is 2.50 bits per heavy atom. The molecule has 1 amide bonds. The molecular formula is C16H20F3NO2. The Hall–Kier alpha value is -1.56. The van der Waals surface area contributed by atoms with Gasteiger partial charge in [-0.15, -0.1) is 0 Å². The predicted octanol–water partition coefficient (Wildman–Crippen LogP) is 3.02. The number of aliphatic hydroxyl groups excluding tert-OH is 1. The first-order valence-corrected chi connectivity index (χ1v) is 7.39. The first-order valence-electron chi connectivity index (χ1n) is 7.39. The molecule has 1 N–H and O–H groups in total.